The van der Waals surface area contributed by atoms with E-state index in [-0.39, 0.29) is 25.8 Å². The van der Waals surface area contributed by atoms with E-state index in [4.69, 9.17) is 18.5 Å². The molecule has 0 aromatic heterocycles. The summed E-state index contributed by atoms with van der Waals surface area (Å²) in [6, 6.07) is 0. The van der Waals surface area contributed by atoms with Crippen LogP contribution in [0, 0.1) is 0 Å². The molecule has 0 aliphatic carbocycles. The Labute approximate surface area is 277 Å². The highest BCUT2D eigenvalue weighted by molar-refractivity contribution is 7.47. The monoisotopic (exact) mass is 660 g/mol. The first-order chi connectivity index (χ1) is 21.6. The standard InChI is InChI=1S/C36H70NO7P/c1-6-8-10-12-14-15-16-17-18-19-20-21-22-23-24-26-28-31-41-33-35(44-36(38)29-27-25-13-11-9-7-2)34-43-45(39,40)42-32-30-37(3,4)5/h15-16,18-19,35H,6-14,17,20-34H2,1-5H3/p+1/b16-15-,19-18-. The average molecular weight is 661 g/mol. The normalized spacial score (nSPS) is 14.4. The Morgan fingerprint density at radius 1 is 0.689 bits per heavy atom. The fourth-order valence-electron chi connectivity index (χ4n) is 4.64. The highest BCUT2D eigenvalue weighted by atomic mass is 31.2. The van der Waals surface area contributed by atoms with Gasteiger partial charge in [0.2, 0.25) is 0 Å². The van der Waals surface area contributed by atoms with Gasteiger partial charge in [-0.15, -0.1) is 0 Å². The van der Waals surface area contributed by atoms with E-state index in [1.807, 2.05) is 21.1 Å². The van der Waals surface area contributed by atoms with Crippen LogP contribution < -0.4 is 0 Å². The zero-order valence-corrected chi connectivity index (χ0v) is 30.7. The topological polar surface area (TPSA) is 91.3 Å². The summed E-state index contributed by atoms with van der Waals surface area (Å²) in [5, 5.41) is 0. The molecule has 2 unspecified atom stereocenters. The number of esters is 1. The third-order valence-corrected chi connectivity index (χ3v) is 8.50. The van der Waals surface area contributed by atoms with Crippen LogP contribution in [0.4, 0.5) is 0 Å². The number of hydrogen-bond donors (Lipinski definition) is 1. The maximum atomic E-state index is 12.4. The van der Waals surface area contributed by atoms with Crippen molar-refractivity contribution in [3.63, 3.8) is 0 Å². The van der Waals surface area contributed by atoms with Gasteiger partial charge in [-0.25, -0.2) is 4.57 Å². The van der Waals surface area contributed by atoms with Crippen LogP contribution in [0.1, 0.15) is 142 Å². The van der Waals surface area contributed by atoms with E-state index in [0.717, 1.165) is 44.9 Å². The summed E-state index contributed by atoms with van der Waals surface area (Å²) in [7, 11) is 1.66. The van der Waals surface area contributed by atoms with Crippen LogP contribution in [-0.2, 0) is 27.9 Å². The molecule has 0 rings (SSSR count). The fourth-order valence-corrected chi connectivity index (χ4v) is 5.38. The summed E-state index contributed by atoms with van der Waals surface area (Å²) >= 11 is 0. The second-order valence-corrected chi connectivity index (χ2v) is 14.7. The van der Waals surface area contributed by atoms with E-state index in [1.54, 1.807) is 0 Å². The molecule has 1 N–H and O–H groups in total. The number of likely N-dealkylation sites (N-methyl/N-ethyl adjacent to an activating group) is 1. The molecule has 8 nitrogen and oxygen atoms in total. The molecule has 0 radical (unpaired) electrons. The Kier molecular flexibility index (Phi) is 29.6. The number of phosphoric ester groups is 1. The van der Waals surface area contributed by atoms with E-state index < -0.39 is 13.9 Å². The second-order valence-electron chi connectivity index (χ2n) is 13.3. The molecule has 0 heterocycles. The van der Waals surface area contributed by atoms with Gasteiger partial charge >= 0.3 is 13.8 Å². The average Bonchev–Trinajstić information content (AvgIpc) is 2.98. The van der Waals surface area contributed by atoms with Crippen LogP contribution in [0.5, 0.6) is 0 Å². The van der Waals surface area contributed by atoms with Crippen LogP contribution >= 0.6 is 7.82 Å². The van der Waals surface area contributed by atoms with E-state index in [1.165, 1.54) is 77.0 Å². The number of unbranched alkanes of at least 4 members (excludes halogenated alkanes) is 15. The molecule has 0 saturated carbocycles. The van der Waals surface area contributed by atoms with Crippen molar-refractivity contribution in [3.05, 3.63) is 24.3 Å². The number of quaternary nitrogens is 1. The molecule has 0 aromatic carbocycles. The number of phosphoric acid groups is 1. The summed E-state index contributed by atoms with van der Waals surface area (Å²) in [5.74, 6) is -0.328. The van der Waals surface area contributed by atoms with Gasteiger partial charge < -0.3 is 18.9 Å². The lowest BCUT2D eigenvalue weighted by molar-refractivity contribution is -0.870. The van der Waals surface area contributed by atoms with Gasteiger partial charge in [0.05, 0.1) is 34.4 Å². The van der Waals surface area contributed by atoms with Crippen LogP contribution in [0.15, 0.2) is 24.3 Å². The van der Waals surface area contributed by atoms with E-state index in [9.17, 15) is 14.3 Å². The maximum absolute atomic E-state index is 12.4. The Morgan fingerprint density at radius 2 is 1.22 bits per heavy atom. The Balaban J connectivity index is 4.20. The second kappa shape index (κ2) is 30.3. The van der Waals surface area contributed by atoms with Gasteiger partial charge in [-0.1, -0.05) is 115 Å². The smallest absolute Gasteiger partial charge is 0.457 e. The summed E-state index contributed by atoms with van der Waals surface area (Å²) < 4.78 is 34.6. The number of ether oxygens (including phenoxy) is 2. The Hall–Kier alpha value is -1.02. The Bertz CT molecular complexity index is 782. The number of nitrogens with zero attached hydrogens (tertiary/aromatic N) is 1. The third-order valence-electron chi connectivity index (χ3n) is 7.52. The van der Waals surface area contributed by atoms with Crippen LogP contribution in [0.2, 0.25) is 0 Å². The first-order valence-corrected chi connectivity index (χ1v) is 19.6. The molecule has 0 aromatic rings. The molecule has 0 bridgehead atoms. The van der Waals surface area contributed by atoms with Crippen molar-refractivity contribution >= 4 is 13.8 Å². The molecule has 2 atom stereocenters. The fraction of sp³-hybridized carbons (Fsp3) is 0.861. The van der Waals surface area contributed by atoms with E-state index in [0.29, 0.717) is 24.1 Å². The van der Waals surface area contributed by atoms with Crippen molar-refractivity contribution in [2.24, 2.45) is 0 Å². The van der Waals surface area contributed by atoms with Crippen molar-refractivity contribution in [1.82, 2.24) is 0 Å². The molecule has 266 valence electrons. The van der Waals surface area contributed by atoms with Crippen LogP contribution in [0.3, 0.4) is 0 Å². The number of rotatable bonds is 33. The van der Waals surface area contributed by atoms with Crippen molar-refractivity contribution in [2.45, 2.75) is 148 Å². The molecule has 0 spiro atoms. The first-order valence-electron chi connectivity index (χ1n) is 18.1. The van der Waals surface area contributed by atoms with Crippen molar-refractivity contribution in [3.8, 4) is 0 Å². The molecule has 9 heteroatoms. The van der Waals surface area contributed by atoms with Gasteiger partial charge in [-0.3, -0.25) is 13.8 Å². The van der Waals surface area contributed by atoms with Crippen molar-refractivity contribution in [1.29, 1.82) is 0 Å². The van der Waals surface area contributed by atoms with Gasteiger partial charge in [-0.2, -0.15) is 0 Å². The van der Waals surface area contributed by atoms with Crippen LogP contribution in [0.25, 0.3) is 0 Å². The maximum Gasteiger partial charge on any atom is 0.472 e. The summed E-state index contributed by atoms with van der Waals surface area (Å²) in [4.78, 5) is 22.5. The quantitative estimate of drug-likeness (QED) is 0.0246. The Morgan fingerprint density at radius 3 is 1.82 bits per heavy atom. The highest BCUT2D eigenvalue weighted by Gasteiger charge is 2.26. The van der Waals surface area contributed by atoms with Gasteiger partial charge in [0, 0.05) is 13.0 Å². The van der Waals surface area contributed by atoms with Crippen molar-refractivity contribution in [2.75, 3.05) is 54.1 Å². The molecule has 45 heavy (non-hydrogen) atoms. The molecule has 0 amide bonds. The third kappa shape index (κ3) is 34.1. The number of carbonyl (C=O) groups is 1. The van der Waals surface area contributed by atoms with E-state index in [2.05, 4.69) is 38.2 Å². The molecule has 0 saturated heterocycles. The predicted octanol–water partition coefficient (Wildman–Crippen LogP) is 9.71. The van der Waals surface area contributed by atoms with Gasteiger partial charge in [0.15, 0.2) is 0 Å². The number of hydrogen-bond acceptors (Lipinski definition) is 6. The molecular weight excluding hydrogens is 589 g/mol. The zero-order valence-electron chi connectivity index (χ0n) is 29.9. The lowest BCUT2D eigenvalue weighted by Gasteiger charge is -2.24. The SMILES string of the molecule is CCCCCC/C=C\C/C=C\CCCCCCCCOCC(COP(=O)(O)OCC[N+](C)(C)C)OC(=O)CCCCCCCC. The molecule has 0 aliphatic heterocycles. The zero-order chi connectivity index (χ0) is 33.5. The lowest BCUT2D eigenvalue weighted by atomic mass is 10.1. The van der Waals surface area contributed by atoms with Crippen LogP contribution in [-0.4, -0.2) is 75.6 Å². The highest BCUT2D eigenvalue weighted by Crippen LogP contribution is 2.43. The summed E-state index contributed by atoms with van der Waals surface area (Å²) in [5.41, 5.74) is 0. The molecular formula is C36H71NO7P+. The van der Waals surface area contributed by atoms with Crippen molar-refractivity contribution < 1.29 is 37.3 Å². The predicted molar refractivity (Wildman–Crippen MR) is 187 cm³/mol. The minimum atomic E-state index is -4.26. The minimum Gasteiger partial charge on any atom is -0.457 e. The van der Waals surface area contributed by atoms with Gasteiger partial charge in [0.25, 0.3) is 0 Å². The lowest BCUT2D eigenvalue weighted by Crippen LogP contribution is -2.37. The summed E-state index contributed by atoms with van der Waals surface area (Å²) in [6.07, 6.45) is 30.8. The minimum absolute atomic E-state index is 0.0872. The molecule has 0 fully saturated rings. The summed E-state index contributed by atoms with van der Waals surface area (Å²) in [6.45, 7) is 5.51. The van der Waals surface area contributed by atoms with Gasteiger partial charge in [0.1, 0.15) is 19.3 Å². The number of carbonyl (C=O) groups excluding carboxylic acids is 1. The number of allylic oxidation sites excluding steroid dienone is 4. The largest absolute Gasteiger partial charge is 0.472 e. The first kappa shape index (κ1) is 44.0. The molecule has 0 aliphatic rings. The van der Waals surface area contributed by atoms with Gasteiger partial charge in [-0.05, 0) is 44.9 Å². The van der Waals surface area contributed by atoms with E-state index >= 15 is 0 Å².